The molecule has 2 aromatic carbocycles. The normalized spacial score (nSPS) is 17.9. The number of ether oxygens (including phenoxy) is 1. The SMILES string of the molecule is COc1ccc(-c2noc(C3CCCN(S(=O)(=O)c4ccc(F)cc4)C3)n2)cc1. The van der Waals surface area contributed by atoms with Crippen molar-refractivity contribution < 1.29 is 22.1 Å². The van der Waals surface area contributed by atoms with E-state index in [1.165, 1.54) is 16.4 Å². The van der Waals surface area contributed by atoms with Gasteiger partial charge in [-0.15, -0.1) is 0 Å². The average molecular weight is 417 g/mol. The van der Waals surface area contributed by atoms with Gasteiger partial charge in [0, 0.05) is 18.7 Å². The number of rotatable bonds is 5. The molecule has 1 fully saturated rings. The molecule has 1 aliphatic heterocycles. The minimum absolute atomic E-state index is 0.0731. The van der Waals surface area contributed by atoms with Gasteiger partial charge in [0.2, 0.25) is 21.7 Å². The fourth-order valence-corrected chi connectivity index (χ4v) is 4.90. The summed E-state index contributed by atoms with van der Waals surface area (Å²) >= 11 is 0. The molecule has 2 heterocycles. The molecule has 0 bridgehead atoms. The van der Waals surface area contributed by atoms with Crippen molar-refractivity contribution >= 4 is 10.0 Å². The molecular weight excluding hydrogens is 397 g/mol. The second-order valence-electron chi connectivity index (χ2n) is 6.84. The van der Waals surface area contributed by atoms with Gasteiger partial charge in [0.05, 0.1) is 17.9 Å². The number of aromatic nitrogens is 2. The van der Waals surface area contributed by atoms with Crippen molar-refractivity contribution in [2.24, 2.45) is 0 Å². The molecule has 7 nitrogen and oxygen atoms in total. The second-order valence-corrected chi connectivity index (χ2v) is 8.78. The quantitative estimate of drug-likeness (QED) is 0.632. The van der Waals surface area contributed by atoms with E-state index in [9.17, 15) is 12.8 Å². The number of hydrogen-bond acceptors (Lipinski definition) is 6. The third-order valence-electron chi connectivity index (χ3n) is 4.97. The molecule has 0 amide bonds. The van der Waals surface area contributed by atoms with Gasteiger partial charge in [-0.2, -0.15) is 9.29 Å². The third-order valence-corrected chi connectivity index (χ3v) is 6.85. The van der Waals surface area contributed by atoms with Crippen LogP contribution in [0, 0.1) is 5.82 Å². The van der Waals surface area contributed by atoms with Crippen molar-refractivity contribution in [2.75, 3.05) is 20.2 Å². The average Bonchev–Trinajstić information content (AvgIpc) is 3.24. The fourth-order valence-electron chi connectivity index (χ4n) is 3.38. The molecule has 152 valence electrons. The van der Waals surface area contributed by atoms with Crippen LogP contribution in [-0.2, 0) is 10.0 Å². The van der Waals surface area contributed by atoms with Gasteiger partial charge < -0.3 is 9.26 Å². The molecule has 1 saturated heterocycles. The van der Waals surface area contributed by atoms with Crippen LogP contribution in [0.3, 0.4) is 0 Å². The van der Waals surface area contributed by atoms with E-state index in [-0.39, 0.29) is 17.4 Å². The molecule has 0 saturated carbocycles. The Balaban J connectivity index is 1.52. The standard InChI is InChI=1S/C20H20FN3O4S/c1-27-17-8-4-14(5-9-17)19-22-20(28-23-19)15-3-2-12-24(13-15)29(25,26)18-10-6-16(21)7-11-18/h4-11,15H,2-3,12-13H2,1H3. The van der Waals surface area contributed by atoms with Crippen LogP contribution in [0.4, 0.5) is 4.39 Å². The summed E-state index contributed by atoms with van der Waals surface area (Å²) in [6.07, 6.45) is 1.42. The zero-order valence-electron chi connectivity index (χ0n) is 15.8. The highest BCUT2D eigenvalue weighted by atomic mass is 32.2. The fraction of sp³-hybridized carbons (Fsp3) is 0.300. The summed E-state index contributed by atoms with van der Waals surface area (Å²) < 4.78 is 50.9. The zero-order valence-corrected chi connectivity index (χ0v) is 16.6. The van der Waals surface area contributed by atoms with Crippen LogP contribution in [0.15, 0.2) is 57.9 Å². The lowest BCUT2D eigenvalue weighted by atomic mass is 10.00. The first-order chi connectivity index (χ1) is 14.0. The van der Waals surface area contributed by atoms with Crippen molar-refractivity contribution in [2.45, 2.75) is 23.7 Å². The highest BCUT2D eigenvalue weighted by Gasteiger charge is 2.33. The molecule has 1 aliphatic rings. The minimum Gasteiger partial charge on any atom is -0.497 e. The highest BCUT2D eigenvalue weighted by Crippen LogP contribution is 2.31. The Kier molecular flexibility index (Phi) is 5.33. The van der Waals surface area contributed by atoms with Gasteiger partial charge in [0.1, 0.15) is 11.6 Å². The van der Waals surface area contributed by atoms with Crippen molar-refractivity contribution in [1.82, 2.24) is 14.4 Å². The Morgan fingerprint density at radius 3 is 2.55 bits per heavy atom. The summed E-state index contributed by atoms with van der Waals surface area (Å²) in [4.78, 5) is 4.54. The summed E-state index contributed by atoms with van der Waals surface area (Å²) in [5.74, 6) is 0.915. The van der Waals surface area contributed by atoms with E-state index in [1.54, 1.807) is 7.11 Å². The van der Waals surface area contributed by atoms with Gasteiger partial charge in [-0.25, -0.2) is 12.8 Å². The van der Waals surface area contributed by atoms with Gasteiger partial charge in [-0.05, 0) is 61.4 Å². The molecule has 1 atom stereocenters. The summed E-state index contributed by atoms with van der Waals surface area (Å²) in [6.45, 7) is 0.639. The third kappa shape index (κ3) is 4.01. The topological polar surface area (TPSA) is 85.5 Å². The first-order valence-electron chi connectivity index (χ1n) is 9.21. The van der Waals surface area contributed by atoms with Crippen molar-refractivity contribution in [3.63, 3.8) is 0 Å². The number of benzene rings is 2. The Hall–Kier alpha value is -2.78. The number of methoxy groups -OCH3 is 1. The highest BCUT2D eigenvalue weighted by molar-refractivity contribution is 7.89. The van der Waals surface area contributed by atoms with E-state index in [4.69, 9.17) is 9.26 Å². The predicted octanol–water partition coefficient (Wildman–Crippen LogP) is 3.45. The van der Waals surface area contributed by atoms with E-state index in [0.29, 0.717) is 24.7 Å². The zero-order chi connectivity index (χ0) is 20.4. The lowest BCUT2D eigenvalue weighted by molar-refractivity contribution is 0.265. The molecule has 0 radical (unpaired) electrons. The Bertz CT molecular complexity index is 1080. The molecule has 0 N–H and O–H groups in total. The molecule has 4 rings (SSSR count). The molecular formula is C20H20FN3O4S. The predicted molar refractivity (Wildman–Crippen MR) is 103 cm³/mol. The smallest absolute Gasteiger partial charge is 0.243 e. The van der Waals surface area contributed by atoms with E-state index in [0.717, 1.165) is 29.9 Å². The molecule has 0 spiro atoms. The van der Waals surface area contributed by atoms with Crippen LogP contribution >= 0.6 is 0 Å². The van der Waals surface area contributed by atoms with Crippen LogP contribution in [0.2, 0.25) is 0 Å². The monoisotopic (exact) mass is 417 g/mol. The Labute approximate surface area is 168 Å². The van der Waals surface area contributed by atoms with Crippen molar-refractivity contribution in [3.8, 4) is 17.1 Å². The van der Waals surface area contributed by atoms with Gasteiger partial charge >= 0.3 is 0 Å². The van der Waals surface area contributed by atoms with Crippen LogP contribution in [-0.4, -0.2) is 43.1 Å². The number of sulfonamides is 1. The first-order valence-corrected chi connectivity index (χ1v) is 10.6. The molecule has 1 aromatic heterocycles. The van der Waals surface area contributed by atoms with Crippen molar-refractivity contribution in [1.29, 1.82) is 0 Å². The number of halogens is 1. The molecule has 29 heavy (non-hydrogen) atoms. The maximum Gasteiger partial charge on any atom is 0.243 e. The lowest BCUT2D eigenvalue weighted by Gasteiger charge is -2.30. The van der Waals surface area contributed by atoms with Crippen LogP contribution in [0.5, 0.6) is 5.75 Å². The van der Waals surface area contributed by atoms with Gasteiger partial charge in [0.25, 0.3) is 0 Å². The minimum atomic E-state index is -3.71. The van der Waals surface area contributed by atoms with Crippen LogP contribution in [0.25, 0.3) is 11.4 Å². The summed E-state index contributed by atoms with van der Waals surface area (Å²) in [6, 6.07) is 12.1. The molecule has 1 unspecified atom stereocenters. The van der Waals surface area contributed by atoms with E-state index in [1.807, 2.05) is 24.3 Å². The molecule has 0 aliphatic carbocycles. The largest absolute Gasteiger partial charge is 0.497 e. The summed E-state index contributed by atoms with van der Waals surface area (Å²) in [5, 5.41) is 4.04. The van der Waals surface area contributed by atoms with Crippen LogP contribution < -0.4 is 4.74 Å². The van der Waals surface area contributed by atoms with E-state index in [2.05, 4.69) is 10.1 Å². The Morgan fingerprint density at radius 2 is 1.86 bits per heavy atom. The summed E-state index contributed by atoms with van der Waals surface area (Å²) in [5.41, 5.74) is 0.785. The first kappa shape index (κ1) is 19.5. The van der Waals surface area contributed by atoms with E-state index < -0.39 is 15.8 Å². The summed E-state index contributed by atoms with van der Waals surface area (Å²) in [7, 11) is -2.12. The number of piperidine rings is 1. The Morgan fingerprint density at radius 1 is 1.14 bits per heavy atom. The number of hydrogen-bond donors (Lipinski definition) is 0. The van der Waals surface area contributed by atoms with Crippen LogP contribution in [0.1, 0.15) is 24.7 Å². The van der Waals surface area contributed by atoms with Gasteiger partial charge in [0.15, 0.2) is 0 Å². The van der Waals surface area contributed by atoms with Gasteiger partial charge in [-0.1, -0.05) is 5.16 Å². The van der Waals surface area contributed by atoms with E-state index >= 15 is 0 Å². The maximum absolute atomic E-state index is 13.1. The van der Waals surface area contributed by atoms with Gasteiger partial charge in [-0.3, -0.25) is 0 Å². The lowest BCUT2D eigenvalue weighted by Crippen LogP contribution is -2.39. The maximum atomic E-state index is 13.1. The molecule has 3 aromatic rings. The number of nitrogens with zero attached hydrogens (tertiary/aromatic N) is 3. The van der Waals surface area contributed by atoms with Crippen molar-refractivity contribution in [3.05, 3.63) is 60.2 Å². The molecule has 9 heteroatoms. The second kappa shape index (κ2) is 7.92.